The lowest BCUT2D eigenvalue weighted by atomic mass is 10.2. The first-order chi connectivity index (χ1) is 11.7. The monoisotopic (exact) mass is 319 g/mol. The van der Waals surface area contributed by atoms with Crippen molar-refractivity contribution in [2.24, 2.45) is 0 Å². The van der Waals surface area contributed by atoms with Gasteiger partial charge in [-0.2, -0.15) is 5.10 Å². The van der Waals surface area contributed by atoms with Gasteiger partial charge in [-0.1, -0.05) is 18.2 Å². The molecule has 1 aromatic carbocycles. The fraction of sp³-hybridized carbons (Fsp3) is 0.111. The maximum Gasteiger partial charge on any atom is 0.180 e. The van der Waals surface area contributed by atoms with E-state index in [1.807, 2.05) is 25.1 Å². The predicted molar refractivity (Wildman–Crippen MR) is 88.8 cm³/mol. The fourth-order valence-corrected chi connectivity index (χ4v) is 2.59. The molecule has 0 aliphatic carbocycles. The minimum atomic E-state index is -0.259. The lowest BCUT2D eigenvalue weighted by Gasteiger charge is -2.04. The molecular formula is C18H14FN5. The van der Waals surface area contributed by atoms with Gasteiger partial charge in [0, 0.05) is 24.2 Å². The summed E-state index contributed by atoms with van der Waals surface area (Å²) in [5, 5.41) is 5.43. The first kappa shape index (κ1) is 14.4. The Morgan fingerprint density at radius 2 is 1.79 bits per heavy atom. The summed E-state index contributed by atoms with van der Waals surface area (Å²) in [5.74, 6) is 0.274. The van der Waals surface area contributed by atoms with Crippen molar-refractivity contribution in [3.8, 4) is 11.5 Å². The first-order valence-electron chi connectivity index (χ1n) is 7.56. The van der Waals surface area contributed by atoms with Gasteiger partial charge in [-0.05, 0) is 30.7 Å². The SMILES string of the molecule is Cc1cnc(-c2nn(Cc3ccccc3F)c3ncccc23)nc1. The molecule has 4 aromatic rings. The Morgan fingerprint density at radius 1 is 1.00 bits per heavy atom. The summed E-state index contributed by atoms with van der Waals surface area (Å²) in [6.07, 6.45) is 5.20. The van der Waals surface area contributed by atoms with Crippen LogP contribution in [0.3, 0.4) is 0 Å². The lowest BCUT2D eigenvalue weighted by Crippen LogP contribution is -2.04. The Hall–Kier alpha value is -3.15. The van der Waals surface area contributed by atoms with Crippen LogP contribution in [0.5, 0.6) is 0 Å². The number of hydrogen-bond acceptors (Lipinski definition) is 4. The quantitative estimate of drug-likeness (QED) is 0.581. The number of nitrogens with zero attached hydrogens (tertiary/aromatic N) is 5. The molecule has 0 unspecified atom stereocenters. The molecule has 118 valence electrons. The molecule has 3 heterocycles. The Bertz CT molecular complexity index is 1010. The number of pyridine rings is 1. The van der Waals surface area contributed by atoms with Gasteiger partial charge >= 0.3 is 0 Å². The van der Waals surface area contributed by atoms with Gasteiger partial charge in [0.15, 0.2) is 11.5 Å². The molecule has 6 heteroatoms. The van der Waals surface area contributed by atoms with Gasteiger partial charge in [-0.15, -0.1) is 0 Å². The van der Waals surface area contributed by atoms with Crippen molar-refractivity contribution < 1.29 is 4.39 Å². The number of rotatable bonds is 3. The molecule has 4 rings (SSSR count). The van der Waals surface area contributed by atoms with Crippen LogP contribution in [0.4, 0.5) is 4.39 Å². The summed E-state index contributed by atoms with van der Waals surface area (Å²) in [6, 6.07) is 10.4. The van der Waals surface area contributed by atoms with Gasteiger partial charge in [-0.25, -0.2) is 24.0 Å². The Morgan fingerprint density at radius 3 is 2.58 bits per heavy atom. The van der Waals surface area contributed by atoms with E-state index in [1.54, 1.807) is 35.4 Å². The number of aryl methyl sites for hydroxylation is 1. The molecule has 0 radical (unpaired) electrons. The summed E-state index contributed by atoms with van der Waals surface area (Å²) in [4.78, 5) is 13.1. The van der Waals surface area contributed by atoms with Crippen LogP contribution in [0.15, 0.2) is 55.0 Å². The van der Waals surface area contributed by atoms with Crippen molar-refractivity contribution in [2.45, 2.75) is 13.5 Å². The molecule has 0 spiro atoms. The number of benzene rings is 1. The van der Waals surface area contributed by atoms with E-state index in [1.165, 1.54) is 6.07 Å². The van der Waals surface area contributed by atoms with E-state index in [-0.39, 0.29) is 5.82 Å². The maximum atomic E-state index is 14.0. The summed E-state index contributed by atoms with van der Waals surface area (Å²) in [7, 11) is 0. The van der Waals surface area contributed by atoms with Crippen LogP contribution >= 0.6 is 0 Å². The molecule has 0 N–H and O–H groups in total. The molecule has 0 saturated heterocycles. The van der Waals surface area contributed by atoms with Crippen molar-refractivity contribution in [3.63, 3.8) is 0 Å². The van der Waals surface area contributed by atoms with E-state index in [0.717, 1.165) is 10.9 Å². The molecule has 0 aliphatic heterocycles. The van der Waals surface area contributed by atoms with Crippen molar-refractivity contribution in [3.05, 3.63) is 71.9 Å². The molecular weight excluding hydrogens is 305 g/mol. The van der Waals surface area contributed by atoms with Gasteiger partial charge in [-0.3, -0.25) is 0 Å². The van der Waals surface area contributed by atoms with E-state index in [2.05, 4.69) is 20.1 Å². The molecule has 0 saturated carbocycles. The second-order valence-electron chi connectivity index (χ2n) is 5.56. The minimum absolute atomic E-state index is 0.259. The summed E-state index contributed by atoms with van der Waals surface area (Å²) < 4.78 is 15.7. The van der Waals surface area contributed by atoms with E-state index < -0.39 is 0 Å². The van der Waals surface area contributed by atoms with E-state index in [4.69, 9.17) is 0 Å². The zero-order chi connectivity index (χ0) is 16.5. The molecule has 0 atom stereocenters. The Balaban J connectivity index is 1.85. The molecule has 24 heavy (non-hydrogen) atoms. The standard InChI is InChI=1S/C18H14FN5/c1-12-9-21-17(22-10-12)16-14-6-4-8-20-18(14)24(23-16)11-13-5-2-3-7-15(13)19/h2-10H,11H2,1H3. The highest BCUT2D eigenvalue weighted by atomic mass is 19.1. The summed E-state index contributed by atoms with van der Waals surface area (Å²) in [5.41, 5.74) is 2.87. The molecule has 0 amide bonds. The van der Waals surface area contributed by atoms with Crippen LogP contribution < -0.4 is 0 Å². The topological polar surface area (TPSA) is 56.5 Å². The second kappa shape index (κ2) is 5.81. The molecule has 5 nitrogen and oxygen atoms in total. The Kier molecular flexibility index (Phi) is 3.49. The first-order valence-corrected chi connectivity index (χ1v) is 7.56. The highest BCUT2D eigenvalue weighted by Crippen LogP contribution is 2.24. The van der Waals surface area contributed by atoms with Gasteiger partial charge in [0.1, 0.15) is 11.5 Å². The number of aromatic nitrogens is 5. The van der Waals surface area contributed by atoms with Crippen LogP contribution in [0.25, 0.3) is 22.6 Å². The highest BCUT2D eigenvalue weighted by Gasteiger charge is 2.16. The van der Waals surface area contributed by atoms with Crippen LogP contribution in [0.2, 0.25) is 0 Å². The summed E-state index contributed by atoms with van der Waals surface area (Å²) in [6.45, 7) is 2.23. The largest absolute Gasteiger partial charge is 0.242 e. The van der Waals surface area contributed by atoms with E-state index in [9.17, 15) is 4.39 Å². The van der Waals surface area contributed by atoms with Crippen LogP contribution in [-0.2, 0) is 6.54 Å². The van der Waals surface area contributed by atoms with Gasteiger partial charge in [0.25, 0.3) is 0 Å². The Labute approximate surface area is 137 Å². The second-order valence-corrected chi connectivity index (χ2v) is 5.56. The maximum absolute atomic E-state index is 14.0. The zero-order valence-electron chi connectivity index (χ0n) is 13.0. The van der Waals surface area contributed by atoms with Crippen molar-refractivity contribution in [1.29, 1.82) is 0 Å². The van der Waals surface area contributed by atoms with Gasteiger partial charge < -0.3 is 0 Å². The fourth-order valence-electron chi connectivity index (χ4n) is 2.59. The number of hydrogen-bond donors (Lipinski definition) is 0. The molecule has 0 fully saturated rings. The van der Waals surface area contributed by atoms with E-state index >= 15 is 0 Å². The highest BCUT2D eigenvalue weighted by molar-refractivity contribution is 5.89. The summed E-state index contributed by atoms with van der Waals surface area (Å²) >= 11 is 0. The van der Waals surface area contributed by atoms with Crippen LogP contribution in [0.1, 0.15) is 11.1 Å². The minimum Gasteiger partial charge on any atom is -0.242 e. The smallest absolute Gasteiger partial charge is 0.180 e. The molecule has 0 bridgehead atoms. The van der Waals surface area contributed by atoms with Crippen molar-refractivity contribution in [2.75, 3.05) is 0 Å². The van der Waals surface area contributed by atoms with Crippen molar-refractivity contribution >= 4 is 11.0 Å². The molecule has 3 aromatic heterocycles. The average Bonchev–Trinajstić information content (AvgIpc) is 2.97. The van der Waals surface area contributed by atoms with Gasteiger partial charge in [0.2, 0.25) is 0 Å². The normalized spacial score (nSPS) is 11.1. The third kappa shape index (κ3) is 2.52. The van der Waals surface area contributed by atoms with Crippen LogP contribution in [-0.4, -0.2) is 24.7 Å². The third-order valence-corrected chi connectivity index (χ3v) is 3.78. The predicted octanol–water partition coefficient (Wildman–Crippen LogP) is 3.38. The lowest BCUT2D eigenvalue weighted by molar-refractivity contribution is 0.589. The zero-order valence-corrected chi connectivity index (χ0v) is 13.0. The third-order valence-electron chi connectivity index (χ3n) is 3.78. The number of halogens is 1. The molecule has 0 aliphatic rings. The van der Waals surface area contributed by atoms with E-state index in [0.29, 0.717) is 29.3 Å². The van der Waals surface area contributed by atoms with Crippen LogP contribution in [0, 0.1) is 12.7 Å². The average molecular weight is 319 g/mol. The van der Waals surface area contributed by atoms with Gasteiger partial charge in [0.05, 0.1) is 11.9 Å². The number of fused-ring (bicyclic) bond motifs is 1. The van der Waals surface area contributed by atoms with Crippen molar-refractivity contribution in [1.82, 2.24) is 24.7 Å².